The molecule has 1 N–H and O–H groups in total. The minimum absolute atomic E-state index is 0.664. The summed E-state index contributed by atoms with van der Waals surface area (Å²) in [5, 5.41) is 7.78. The zero-order chi connectivity index (χ0) is 7.84. The van der Waals surface area contributed by atoms with Crippen molar-refractivity contribution in [3.05, 3.63) is 12.2 Å². The number of rotatable bonds is 2. The van der Waals surface area contributed by atoms with Crippen LogP contribution in [0.3, 0.4) is 0 Å². The zero-order valence-corrected chi connectivity index (χ0v) is 6.91. The van der Waals surface area contributed by atoms with Crippen molar-refractivity contribution in [2.75, 3.05) is 0 Å². The fourth-order valence-corrected chi connectivity index (χ4v) is 1.66. The van der Waals surface area contributed by atoms with Gasteiger partial charge in [0.15, 0.2) is 0 Å². The molecule has 0 amide bonds. The molecule has 1 aromatic rings. The van der Waals surface area contributed by atoms with E-state index in [4.69, 9.17) is 0 Å². The van der Waals surface area contributed by atoms with Crippen LogP contribution in [0.1, 0.15) is 32.0 Å². The molecule has 3 nitrogen and oxygen atoms in total. The molecule has 1 aliphatic rings. The van der Waals surface area contributed by atoms with E-state index in [1.807, 2.05) is 0 Å². The quantitative estimate of drug-likeness (QED) is 0.697. The van der Waals surface area contributed by atoms with Crippen LogP contribution < -0.4 is 0 Å². The van der Waals surface area contributed by atoms with Crippen molar-refractivity contribution in [1.82, 2.24) is 15.2 Å². The topological polar surface area (TPSA) is 41.6 Å². The molecule has 1 fully saturated rings. The Bertz CT molecular complexity index is 227. The van der Waals surface area contributed by atoms with Gasteiger partial charge in [0.25, 0.3) is 0 Å². The Labute approximate surface area is 66.2 Å². The van der Waals surface area contributed by atoms with Crippen LogP contribution in [0.15, 0.2) is 6.33 Å². The fraction of sp³-hybridized carbons (Fsp3) is 0.750. The molecule has 1 aliphatic carbocycles. The van der Waals surface area contributed by atoms with Gasteiger partial charge in [-0.05, 0) is 18.3 Å². The summed E-state index contributed by atoms with van der Waals surface area (Å²) >= 11 is 0. The third-order valence-corrected chi connectivity index (χ3v) is 2.48. The Balaban J connectivity index is 2.02. The van der Waals surface area contributed by atoms with Crippen LogP contribution >= 0.6 is 0 Å². The summed E-state index contributed by atoms with van der Waals surface area (Å²) in [7, 11) is 0. The van der Waals surface area contributed by atoms with Gasteiger partial charge in [0, 0.05) is 5.92 Å². The third kappa shape index (κ3) is 1.15. The van der Waals surface area contributed by atoms with E-state index in [1.165, 1.54) is 6.42 Å². The Morgan fingerprint density at radius 1 is 1.64 bits per heavy atom. The molecule has 0 saturated heterocycles. The largest absolute Gasteiger partial charge is 0.331 e. The van der Waals surface area contributed by atoms with Gasteiger partial charge in [-0.3, -0.25) is 0 Å². The van der Waals surface area contributed by atoms with Crippen molar-refractivity contribution in [1.29, 1.82) is 0 Å². The molecule has 60 valence electrons. The van der Waals surface area contributed by atoms with Crippen LogP contribution in [-0.4, -0.2) is 15.2 Å². The van der Waals surface area contributed by atoms with Crippen molar-refractivity contribution in [2.24, 2.45) is 11.8 Å². The van der Waals surface area contributed by atoms with Gasteiger partial charge in [-0.15, -0.1) is 10.2 Å². The first-order valence-corrected chi connectivity index (χ1v) is 4.15. The predicted molar refractivity (Wildman–Crippen MR) is 42.1 cm³/mol. The second kappa shape index (κ2) is 2.32. The maximum Gasteiger partial charge on any atom is 0.133 e. The summed E-state index contributed by atoms with van der Waals surface area (Å²) in [6.07, 6.45) is 2.94. The number of hydrogen-bond acceptors (Lipinski definition) is 2. The SMILES string of the molecule is CC(C)[C@H]1C[C@H]1c1nnc[nH]1. The van der Waals surface area contributed by atoms with Gasteiger partial charge in [-0.2, -0.15) is 0 Å². The Hall–Kier alpha value is -0.860. The second-order valence-electron chi connectivity index (χ2n) is 3.62. The molecule has 0 spiro atoms. The first kappa shape index (κ1) is 6.83. The summed E-state index contributed by atoms with van der Waals surface area (Å²) in [6, 6.07) is 0. The monoisotopic (exact) mass is 151 g/mol. The van der Waals surface area contributed by atoms with Crippen LogP contribution in [0, 0.1) is 11.8 Å². The Morgan fingerprint density at radius 3 is 2.91 bits per heavy atom. The van der Waals surface area contributed by atoms with Gasteiger partial charge in [0.05, 0.1) is 0 Å². The summed E-state index contributed by atoms with van der Waals surface area (Å²) in [5.74, 6) is 3.36. The highest BCUT2D eigenvalue weighted by atomic mass is 15.2. The van der Waals surface area contributed by atoms with E-state index in [-0.39, 0.29) is 0 Å². The van der Waals surface area contributed by atoms with Crippen molar-refractivity contribution < 1.29 is 0 Å². The highest BCUT2D eigenvalue weighted by Crippen LogP contribution is 2.50. The van der Waals surface area contributed by atoms with Crippen molar-refractivity contribution in [3.63, 3.8) is 0 Å². The zero-order valence-electron chi connectivity index (χ0n) is 6.91. The minimum Gasteiger partial charge on any atom is -0.331 e. The molecular weight excluding hydrogens is 138 g/mol. The van der Waals surface area contributed by atoms with Gasteiger partial charge in [0.1, 0.15) is 12.2 Å². The van der Waals surface area contributed by atoms with Crippen LogP contribution in [-0.2, 0) is 0 Å². The highest BCUT2D eigenvalue weighted by molar-refractivity contribution is 5.08. The average molecular weight is 151 g/mol. The van der Waals surface area contributed by atoms with E-state index in [9.17, 15) is 0 Å². The van der Waals surface area contributed by atoms with Gasteiger partial charge in [-0.25, -0.2) is 0 Å². The lowest BCUT2D eigenvalue weighted by Crippen LogP contribution is -1.93. The first-order chi connectivity index (χ1) is 5.29. The van der Waals surface area contributed by atoms with E-state index in [0.717, 1.165) is 17.7 Å². The highest BCUT2D eigenvalue weighted by Gasteiger charge is 2.42. The van der Waals surface area contributed by atoms with Gasteiger partial charge < -0.3 is 4.98 Å². The molecule has 1 heterocycles. The molecule has 2 atom stereocenters. The maximum atomic E-state index is 4.01. The van der Waals surface area contributed by atoms with Crippen LogP contribution in [0.2, 0.25) is 0 Å². The summed E-state index contributed by atoms with van der Waals surface area (Å²) in [4.78, 5) is 3.06. The predicted octanol–water partition coefficient (Wildman–Crippen LogP) is 1.56. The molecule has 0 radical (unpaired) electrons. The van der Waals surface area contributed by atoms with Gasteiger partial charge in [0.2, 0.25) is 0 Å². The molecule has 1 saturated carbocycles. The summed E-state index contributed by atoms with van der Waals surface area (Å²) in [6.45, 7) is 4.53. The van der Waals surface area contributed by atoms with Crippen molar-refractivity contribution in [2.45, 2.75) is 26.2 Å². The molecule has 0 aliphatic heterocycles. The number of nitrogens with zero attached hydrogens (tertiary/aromatic N) is 2. The summed E-state index contributed by atoms with van der Waals surface area (Å²) in [5.41, 5.74) is 0. The fourth-order valence-electron chi connectivity index (χ4n) is 1.66. The number of nitrogens with one attached hydrogen (secondary N) is 1. The van der Waals surface area contributed by atoms with Gasteiger partial charge >= 0.3 is 0 Å². The van der Waals surface area contributed by atoms with Crippen molar-refractivity contribution >= 4 is 0 Å². The molecule has 11 heavy (non-hydrogen) atoms. The van der Waals surface area contributed by atoms with Gasteiger partial charge in [-0.1, -0.05) is 13.8 Å². The Morgan fingerprint density at radius 2 is 2.45 bits per heavy atom. The van der Waals surface area contributed by atoms with E-state index in [2.05, 4.69) is 29.0 Å². The lowest BCUT2D eigenvalue weighted by atomic mass is 10.1. The molecule has 2 rings (SSSR count). The smallest absolute Gasteiger partial charge is 0.133 e. The lowest BCUT2D eigenvalue weighted by Gasteiger charge is -1.99. The molecule has 0 bridgehead atoms. The number of H-pyrrole nitrogens is 1. The first-order valence-electron chi connectivity index (χ1n) is 4.15. The van der Waals surface area contributed by atoms with E-state index in [1.54, 1.807) is 6.33 Å². The molecular formula is C8H13N3. The number of hydrogen-bond donors (Lipinski definition) is 1. The maximum absolute atomic E-state index is 4.01. The van der Waals surface area contributed by atoms with Crippen LogP contribution in [0.25, 0.3) is 0 Å². The molecule has 1 aromatic heterocycles. The van der Waals surface area contributed by atoms with Crippen LogP contribution in [0.5, 0.6) is 0 Å². The van der Waals surface area contributed by atoms with Crippen LogP contribution in [0.4, 0.5) is 0 Å². The van der Waals surface area contributed by atoms with E-state index >= 15 is 0 Å². The number of aromatic nitrogens is 3. The molecule has 3 heteroatoms. The number of aromatic amines is 1. The average Bonchev–Trinajstić information content (AvgIpc) is 2.60. The molecule has 0 aromatic carbocycles. The third-order valence-electron chi connectivity index (χ3n) is 2.48. The van der Waals surface area contributed by atoms with E-state index in [0.29, 0.717) is 5.92 Å². The minimum atomic E-state index is 0.664. The second-order valence-corrected chi connectivity index (χ2v) is 3.62. The van der Waals surface area contributed by atoms with Crippen molar-refractivity contribution in [3.8, 4) is 0 Å². The standard InChI is InChI=1S/C8H13N3/c1-5(2)6-3-7(6)8-9-4-10-11-8/h4-7H,3H2,1-2H3,(H,9,10,11)/t6-,7-/m1/s1. The summed E-state index contributed by atoms with van der Waals surface area (Å²) < 4.78 is 0. The normalized spacial score (nSPS) is 29.4. The molecule has 0 unspecified atom stereocenters. The Kier molecular flexibility index (Phi) is 1.44. The lowest BCUT2D eigenvalue weighted by molar-refractivity contribution is 0.543. The van der Waals surface area contributed by atoms with E-state index < -0.39 is 0 Å².